The zero-order valence-electron chi connectivity index (χ0n) is 13.3. The van der Waals surface area contributed by atoms with Crippen molar-refractivity contribution < 1.29 is 4.79 Å². The summed E-state index contributed by atoms with van der Waals surface area (Å²) in [6, 6.07) is 7.06. The summed E-state index contributed by atoms with van der Waals surface area (Å²) in [5.41, 5.74) is 3.75. The highest BCUT2D eigenvalue weighted by Crippen LogP contribution is 2.27. The number of carbonyl (C=O) groups excluding carboxylic acids is 1. The number of aryl methyl sites for hydroxylation is 2. The minimum absolute atomic E-state index is 0.243. The average molecular weight is 298 g/mol. The Labute approximate surface area is 133 Å². The van der Waals surface area contributed by atoms with Crippen LogP contribution in [0.4, 0.5) is 0 Å². The van der Waals surface area contributed by atoms with Crippen molar-refractivity contribution in [3.8, 4) is 0 Å². The second kappa shape index (κ2) is 6.04. The van der Waals surface area contributed by atoms with Gasteiger partial charge in [-0.1, -0.05) is 6.07 Å². The normalized spacial score (nSPS) is 25.5. The maximum absolute atomic E-state index is 12.7. The van der Waals surface area contributed by atoms with Gasteiger partial charge in [0.15, 0.2) is 0 Å². The van der Waals surface area contributed by atoms with Gasteiger partial charge >= 0.3 is 0 Å². The Morgan fingerprint density at radius 3 is 2.64 bits per heavy atom. The SMILES string of the molecule is O=C(c1ccc2c(c1)CCC2)N1CCC(C2CCCN2)CC1. The lowest BCUT2D eigenvalue weighted by atomic mass is 9.88. The van der Waals surface area contributed by atoms with Crippen LogP contribution in [0.25, 0.3) is 0 Å². The van der Waals surface area contributed by atoms with Gasteiger partial charge in [0.25, 0.3) is 5.91 Å². The molecular formula is C19H26N2O. The van der Waals surface area contributed by atoms with Crippen molar-refractivity contribution in [3.05, 3.63) is 34.9 Å². The van der Waals surface area contributed by atoms with E-state index in [1.807, 2.05) is 6.07 Å². The Balaban J connectivity index is 1.39. The predicted molar refractivity (Wildman–Crippen MR) is 88.1 cm³/mol. The molecule has 3 nitrogen and oxygen atoms in total. The second-order valence-corrected chi connectivity index (χ2v) is 7.17. The number of carbonyl (C=O) groups is 1. The molecule has 3 aliphatic rings. The van der Waals surface area contributed by atoms with E-state index in [2.05, 4.69) is 22.3 Å². The monoisotopic (exact) mass is 298 g/mol. The van der Waals surface area contributed by atoms with E-state index in [0.29, 0.717) is 6.04 Å². The molecule has 0 saturated carbocycles. The summed E-state index contributed by atoms with van der Waals surface area (Å²) in [6.45, 7) is 3.04. The van der Waals surface area contributed by atoms with Gasteiger partial charge in [0, 0.05) is 24.7 Å². The molecule has 4 rings (SSSR count). The lowest BCUT2D eigenvalue weighted by Crippen LogP contribution is -2.43. The maximum Gasteiger partial charge on any atom is 0.253 e. The molecule has 1 N–H and O–H groups in total. The molecule has 0 radical (unpaired) electrons. The van der Waals surface area contributed by atoms with Gasteiger partial charge in [-0.05, 0) is 80.7 Å². The van der Waals surface area contributed by atoms with E-state index in [9.17, 15) is 4.79 Å². The van der Waals surface area contributed by atoms with E-state index in [0.717, 1.165) is 43.8 Å². The highest BCUT2D eigenvalue weighted by molar-refractivity contribution is 5.94. The van der Waals surface area contributed by atoms with Crippen LogP contribution >= 0.6 is 0 Å². The summed E-state index contributed by atoms with van der Waals surface area (Å²) in [5, 5.41) is 3.63. The largest absolute Gasteiger partial charge is 0.339 e. The Bertz CT molecular complexity index is 555. The van der Waals surface area contributed by atoms with Crippen molar-refractivity contribution in [2.75, 3.05) is 19.6 Å². The molecule has 0 aromatic heterocycles. The molecule has 1 aromatic rings. The fourth-order valence-corrected chi connectivity index (χ4v) is 4.51. The van der Waals surface area contributed by atoms with Crippen molar-refractivity contribution in [1.29, 1.82) is 0 Å². The van der Waals surface area contributed by atoms with Crippen LogP contribution in [0.1, 0.15) is 53.6 Å². The summed E-state index contributed by atoms with van der Waals surface area (Å²) < 4.78 is 0. The highest BCUT2D eigenvalue weighted by atomic mass is 16.2. The fraction of sp³-hybridized carbons (Fsp3) is 0.632. The van der Waals surface area contributed by atoms with Gasteiger partial charge in [0.1, 0.15) is 0 Å². The lowest BCUT2D eigenvalue weighted by molar-refractivity contribution is 0.0674. The molecule has 2 aliphatic heterocycles. The number of hydrogen-bond acceptors (Lipinski definition) is 2. The molecular weight excluding hydrogens is 272 g/mol. The molecule has 1 aromatic carbocycles. The molecule has 1 amide bonds. The van der Waals surface area contributed by atoms with E-state index in [-0.39, 0.29) is 5.91 Å². The third-order valence-electron chi connectivity index (χ3n) is 5.84. The molecule has 2 fully saturated rings. The van der Waals surface area contributed by atoms with Crippen LogP contribution < -0.4 is 5.32 Å². The average Bonchev–Trinajstić information content (AvgIpc) is 3.25. The molecule has 1 unspecified atom stereocenters. The van der Waals surface area contributed by atoms with Crippen LogP contribution in [0.2, 0.25) is 0 Å². The number of nitrogens with one attached hydrogen (secondary N) is 1. The summed E-state index contributed by atoms with van der Waals surface area (Å²) in [6.07, 6.45) is 8.54. The predicted octanol–water partition coefficient (Wildman–Crippen LogP) is 2.78. The number of fused-ring (bicyclic) bond motifs is 1. The van der Waals surface area contributed by atoms with Gasteiger partial charge in [-0.2, -0.15) is 0 Å². The van der Waals surface area contributed by atoms with Crippen LogP contribution in [0, 0.1) is 5.92 Å². The smallest absolute Gasteiger partial charge is 0.253 e. The number of hydrogen-bond donors (Lipinski definition) is 1. The van der Waals surface area contributed by atoms with Crippen LogP contribution in [0.15, 0.2) is 18.2 Å². The van der Waals surface area contributed by atoms with E-state index in [1.165, 1.54) is 43.4 Å². The first kappa shape index (κ1) is 14.3. The Morgan fingerprint density at radius 2 is 1.86 bits per heavy atom. The summed E-state index contributed by atoms with van der Waals surface area (Å²) in [5.74, 6) is 1.01. The van der Waals surface area contributed by atoms with E-state index in [1.54, 1.807) is 0 Å². The van der Waals surface area contributed by atoms with Crippen LogP contribution in [0.5, 0.6) is 0 Å². The van der Waals surface area contributed by atoms with Crippen molar-refractivity contribution in [1.82, 2.24) is 10.2 Å². The number of benzene rings is 1. The van der Waals surface area contributed by atoms with Gasteiger partial charge in [-0.25, -0.2) is 0 Å². The molecule has 118 valence electrons. The topological polar surface area (TPSA) is 32.3 Å². The van der Waals surface area contributed by atoms with Gasteiger partial charge in [0.2, 0.25) is 0 Å². The minimum Gasteiger partial charge on any atom is -0.339 e. The molecule has 22 heavy (non-hydrogen) atoms. The molecule has 3 heteroatoms. The third kappa shape index (κ3) is 2.67. The van der Waals surface area contributed by atoms with Crippen LogP contribution in [-0.4, -0.2) is 36.5 Å². The summed E-state index contributed by atoms with van der Waals surface area (Å²) in [4.78, 5) is 14.8. The Morgan fingerprint density at radius 1 is 1.05 bits per heavy atom. The van der Waals surface area contributed by atoms with Gasteiger partial charge in [-0.15, -0.1) is 0 Å². The number of amides is 1. The third-order valence-corrected chi connectivity index (χ3v) is 5.84. The molecule has 2 saturated heterocycles. The standard InChI is InChI=1S/C19H26N2O/c22-19(17-7-6-14-3-1-4-16(14)13-17)21-11-8-15(9-12-21)18-5-2-10-20-18/h6-7,13,15,18,20H,1-5,8-12H2. The van der Waals surface area contributed by atoms with Crippen molar-refractivity contribution in [2.24, 2.45) is 5.92 Å². The molecule has 0 spiro atoms. The van der Waals surface area contributed by atoms with Crippen molar-refractivity contribution in [3.63, 3.8) is 0 Å². The number of nitrogens with zero attached hydrogens (tertiary/aromatic N) is 1. The summed E-state index contributed by atoms with van der Waals surface area (Å²) >= 11 is 0. The number of likely N-dealkylation sites (tertiary alicyclic amines) is 1. The zero-order chi connectivity index (χ0) is 14.9. The molecule has 1 aliphatic carbocycles. The fourth-order valence-electron chi connectivity index (χ4n) is 4.51. The maximum atomic E-state index is 12.7. The quantitative estimate of drug-likeness (QED) is 0.910. The van der Waals surface area contributed by atoms with E-state index < -0.39 is 0 Å². The lowest BCUT2D eigenvalue weighted by Gasteiger charge is -2.35. The molecule has 1 atom stereocenters. The minimum atomic E-state index is 0.243. The first-order valence-electron chi connectivity index (χ1n) is 8.96. The highest BCUT2D eigenvalue weighted by Gasteiger charge is 2.30. The van der Waals surface area contributed by atoms with Crippen LogP contribution in [0.3, 0.4) is 0 Å². The molecule has 0 bridgehead atoms. The zero-order valence-corrected chi connectivity index (χ0v) is 13.3. The van der Waals surface area contributed by atoms with Gasteiger partial charge in [-0.3, -0.25) is 4.79 Å². The summed E-state index contributed by atoms with van der Waals surface area (Å²) in [7, 11) is 0. The van der Waals surface area contributed by atoms with Gasteiger partial charge in [0.05, 0.1) is 0 Å². The first-order valence-corrected chi connectivity index (χ1v) is 8.96. The first-order chi connectivity index (χ1) is 10.8. The van der Waals surface area contributed by atoms with Crippen LogP contribution in [-0.2, 0) is 12.8 Å². The molecule has 2 heterocycles. The Hall–Kier alpha value is -1.35. The Kier molecular flexibility index (Phi) is 3.91. The second-order valence-electron chi connectivity index (χ2n) is 7.17. The number of rotatable bonds is 2. The van der Waals surface area contributed by atoms with Crippen molar-refractivity contribution >= 4 is 5.91 Å². The van der Waals surface area contributed by atoms with Gasteiger partial charge < -0.3 is 10.2 Å². The van der Waals surface area contributed by atoms with Crippen molar-refractivity contribution in [2.45, 2.75) is 51.0 Å². The van der Waals surface area contributed by atoms with E-state index >= 15 is 0 Å². The van der Waals surface area contributed by atoms with E-state index in [4.69, 9.17) is 0 Å². The number of piperidine rings is 1.